The number of nitrogens with zero attached hydrogens (tertiary/aromatic N) is 2. The molecule has 94 valence electrons. The molecule has 0 aromatic heterocycles. The summed E-state index contributed by atoms with van der Waals surface area (Å²) in [4.78, 5) is 2.99. The predicted octanol–water partition coefficient (Wildman–Crippen LogP) is 3.93. The first-order valence-electron chi connectivity index (χ1n) is 4.87. The Balaban J connectivity index is 3.08. The van der Waals surface area contributed by atoms with Gasteiger partial charge in [-0.3, -0.25) is 9.48 Å². The van der Waals surface area contributed by atoms with E-state index < -0.39 is 0 Å². The summed E-state index contributed by atoms with van der Waals surface area (Å²) in [5, 5.41) is 2.42. The lowest BCUT2D eigenvalue weighted by atomic mass is 10.4. The van der Waals surface area contributed by atoms with Gasteiger partial charge in [-0.1, -0.05) is 34.8 Å². The molecule has 1 rings (SSSR count). The molecule has 0 spiro atoms. The molecule has 0 amide bonds. The lowest BCUT2D eigenvalue weighted by Gasteiger charge is -2.11. The number of hydrogen-bond donors (Lipinski definition) is 0. The quantitative estimate of drug-likeness (QED) is 0.255. The van der Waals surface area contributed by atoms with Crippen molar-refractivity contribution in [3.8, 4) is 0 Å². The highest BCUT2D eigenvalue weighted by Crippen LogP contribution is 2.35. The number of halogens is 3. The van der Waals surface area contributed by atoms with Crippen molar-refractivity contribution in [2.24, 2.45) is 0 Å². The number of thioether (sulfide) groups is 1. The van der Waals surface area contributed by atoms with Crippen molar-refractivity contribution in [1.82, 2.24) is 4.90 Å². The van der Waals surface area contributed by atoms with E-state index in [1.165, 1.54) is 0 Å². The van der Waals surface area contributed by atoms with E-state index in [-0.39, 0.29) is 0 Å². The van der Waals surface area contributed by atoms with Gasteiger partial charge in [-0.05, 0) is 23.9 Å². The molecule has 1 aromatic carbocycles. The lowest BCUT2D eigenvalue weighted by molar-refractivity contribution is -0.466. The zero-order chi connectivity index (χ0) is 13.2. The molecule has 17 heavy (non-hydrogen) atoms. The molecule has 0 unspecified atom stereocenters. The summed E-state index contributed by atoms with van der Waals surface area (Å²) in [7, 11) is 7.95. The van der Waals surface area contributed by atoms with Crippen molar-refractivity contribution in [3.63, 3.8) is 0 Å². The summed E-state index contributed by atoms with van der Waals surface area (Å²) in [5.74, 6) is 0. The molecular formula is C11H14Cl3N2S+. The molecule has 0 radical (unpaired) electrons. The number of amidine groups is 1. The fraction of sp³-hybridized carbons (Fsp3) is 0.364. The Morgan fingerprint density at radius 2 is 1.59 bits per heavy atom. The van der Waals surface area contributed by atoms with Crippen molar-refractivity contribution in [1.29, 1.82) is 0 Å². The van der Waals surface area contributed by atoms with Crippen LogP contribution in [0.4, 0.5) is 0 Å². The lowest BCUT2D eigenvalue weighted by Crippen LogP contribution is -2.26. The standard InChI is InChI=1S/C11H14Cl3N2S/c1-15(2)11(16(3)4)17-7-5-8(12)10(14)9(13)6-7/h5-6H,1-4H3/q+1. The van der Waals surface area contributed by atoms with Crippen LogP contribution >= 0.6 is 46.6 Å². The van der Waals surface area contributed by atoms with Crippen LogP contribution in [-0.4, -0.2) is 42.8 Å². The third kappa shape index (κ3) is 3.95. The molecule has 0 aliphatic carbocycles. The van der Waals surface area contributed by atoms with Gasteiger partial charge in [0.25, 0.3) is 0 Å². The van der Waals surface area contributed by atoms with Crippen LogP contribution < -0.4 is 0 Å². The molecule has 0 aliphatic heterocycles. The number of benzene rings is 1. The topological polar surface area (TPSA) is 6.25 Å². The Morgan fingerprint density at radius 3 is 1.94 bits per heavy atom. The van der Waals surface area contributed by atoms with E-state index >= 15 is 0 Å². The summed E-state index contributed by atoms with van der Waals surface area (Å²) in [6.45, 7) is 0. The van der Waals surface area contributed by atoms with Crippen LogP contribution in [0.25, 0.3) is 0 Å². The highest BCUT2D eigenvalue weighted by Gasteiger charge is 2.15. The Labute approximate surface area is 121 Å². The van der Waals surface area contributed by atoms with Crippen LogP contribution in [0, 0.1) is 0 Å². The molecule has 0 fully saturated rings. The molecule has 0 saturated heterocycles. The van der Waals surface area contributed by atoms with Gasteiger partial charge in [0.2, 0.25) is 0 Å². The fourth-order valence-corrected chi connectivity index (χ4v) is 2.93. The maximum atomic E-state index is 6.00. The van der Waals surface area contributed by atoms with E-state index in [2.05, 4.69) is 0 Å². The molecule has 0 N–H and O–H groups in total. The van der Waals surface area contributed by atoms with E-state index in [1.54, 1.807) is 11.8 Å². The molecule has 0 atom stereocenters. The maximum Gasteiger partial charge on any atom is 0.312 e. The number of hydrogen-bond acceptors (Lipinski definition) is 1. The first kappa shape index (κ1) is 15.0. The molecule has 1 aromatic rings. The van der Waals surface area contributed by atoms with Gasteiger partial charge in [0.15, 0.2) is 0 Å². The third-order valence-electron chi connectivity index (χ3n) is 1.93. The Hall–Kier alpha value is -0.0900. The van der Waals surface area contributed by atoms with Crippen LogP contribution in [0.1, 0.15) is 0 Å². The predicted molar refractivity (Wildman–Crippen MR) is 78.1 cm³/mol. The highest BCUT2D eigenvalue weighted by atomic mass is 35.5. The van der Waals surface area contributed by atoms with Gasteiger partial charge in [-0.2, -0.15) is 0 Å². The zero-order valence-corrected chi connectivity index (χ0v) is 13.2. The van der Waals surface area contributed by atoms with Crippen LogP contribution in [0.5, 0.6) is 0 Å². The minimum Gasteiger partial charge on any atom is -0.261 e. The first-order valence-corrected chi connectivity index (χ1v) is 6.82. The van der Waals surface area contributed by atoms with Crippen molar-refractivity contribution < 1.29 is 4.58 Å². The monoisotopic (exact) mass is 311 g/mol. The minimum absolute atomic E-state index is 0.397. The highest BCUT2D eigenvalue weighted by molar-refractivity contribution is 8.13. The molecule has 2 nitrogen and oxygen atoms in total. The molecule has 0 aliphatic rings. The molecule has 0 bridgehead atoms. The second-order valence-electron chi connectivity index (χ2n) is 3.87. The van der Waals surface area contributed by atoms with E-state index in [0.717, 1.165) is 10.1 Å². The smallest absolute Gasteiger partial charge is 0.261 e. The van der Waals surface area contributed by atoms with Crippen molar-refractivity contribution in [2.75, 3.05) is 28.2 Å². The van der Waals surface area contributed by atoms with Crippen LogP contribution in [-0.2, 0) is 0 Å². The molecule has 0 saturated carbocycles. The van der Waals surface area contributed by atoms with E-state index in [4.69, 9.17) is 34.8 Å². The zero-order valence-electron chi connectivity index (χ0n) is 10.1. The third-order valence-corrected chi connectivity index (χ3v) is 4.51. The maximum absolute atomic E-state index is 6.00. The second-order valence-corrected chi connectivity index (χ2v) is 6.11. The average molecular weight is 313 g/mol. The Bertz CT molecular complexity index is 431. The van der Waals surface area contributed by atoms with Gasteiger partial charge in [-0.25, -0.2) is 0 Å². The summed E-state index contributed by atoms with van der Waals surface area (Å²) < 4.78 is 2.03. The van der Waals surface area contributed by atoms with Gasteiger partial charge in [0.1, 0.15) is 0 Å². The summed E-state index contributed by atoms with van der Waals surface area (Å²) in [6, 6.07) is 3.63. The van der Waals surface area contributed by atoms with Gasteiger partial charge in [0.05, 0.1) is 43.3 Å². The van der Waals surface area contributed by atoms with Crippen molar-refractivity contribution >= 4 is 51.7 Å². The van der Waals surface area contributed by atoms with Crippen LogP contribution in [0.15, 0.2) is 17.0 Å². The minimum atomic E-state index is 0.397. The summed E-state index contributed by atoms with van der Waals surface area (Å²) in [5.41, 5.74) is 0. The average Bonchev–Trinajstić information content (AvgIpc) is 2.21. The largest absolute Gasteiger partial charge is 0.312 e. The van der Waals surface area contributed by atoms with Gasteiger partial charge < -0.3 is 0 Å². The molecular weight excluding hydrogens is 299 g/mol. The van der Waals surface area contributed by atoms with Gasteiger partial charge in [0, 0.05) is 4.90 Å². The van der Waals surface area contributed by atoms with Crippen molar-refractivity contribution in [3.05, 3.63) is 27.2 Å². The second kappa shape index (κ2) is 6.19. The normalized spacial score (nSPS) is 10.3. The van der Waals surface area contributed by atoms with E-state index in [1.807, 2.05) is 49.8 Å². The molecule has 0 heterocycles. The fourth-order valence-electron chi connectivity index (χ4n) is 1.28. The van der Waals surface area contributed by atoms with Crippen LogP contribution in [0.3, 0.4) is 0 Å². The van der Waals surface area contributed by atoms with E-state index in [0.29, 0.717) is 15.1 Å². The van der Waals surface area contributed by atoms with Crippen molar-refractivity contribution in [2.45, 2.75) is 4.90 Å². The summed E-state index contributed by atoms with van der Waals surface area (Å²) in [6.07, 6.45) is 0. The SMILES string of the molecule is CN(C)C(Sc1cc(Cl)c(Cl)c(Cl)c1)=[N+](C)C. The Morgan fingerprint density at radius 1 is 1.12 bits per heavy atom. The Kier molecular flexibility index (Phi) is 5.45. The van der Waals surface area contributed by atoms with Gasteiger partial charge in [-0.15, -0.1) is 0 Å². The molecule has 6 heteroatoms. The number of rotatable bonds is 1. The van der Waals surface area contributed by atoms with Gasteiger partial charge >= 0.3 is 5.17 Å². The van der Waals surface area contributed by atoms with E-state index in [9.17, 15) is 0 Å². The first-order chi connectivity index (χ1) is 7.82. The van der Waals surface area contributed by atoms with Crippen LogP contribution in [0.2, 0.25) is 15.1 Å². The summed E-state index contributed by atoms with van der Waals surface area (Å²) >= 11 is 19.5.